The van der Waals surface area contributed by atoms with Crippen LogP contribution in [-0.2, 0) is 16.6 Å². The Kier molecular flexibility index (Phi) is 5.72. The largest absolute Gasteiger partial charge is 0.293 e. The van der Waals surface area contributed by atoms with Gasteiger partial charge in [0, 0.05) is 22.1 Å². The molecular weight excluding hydrogens is 424 g/mol. The summed E-state index contributed by atoms with van der Waals surface area (Å²) in [5.41, 5.74) is 2.73. The van der Waals surface area contributed by atoms with Gasteiger partial charge in [0.2, 0.25) is 0 Å². The first-order chi connectivity index (χ1) is 9.45. The van der Waals surface area contributed by atoms with Crippen LogP contribution in [0.2, 0.25) is 0 Å². The third kappa shape index (κ3) is 4.35. The maximum Gasteiger partial charge on any atom is 0.177 e. The average Bonchev–Trinajstić information content (AvgIpc) is 2.68. The van der Waals surface area contributed by atoms with E-state index in [1.54, 1.807) is 6.07 Å². The molecule has 1 unspecified atom stereocenters. The second kappa shape index (κ2) is 7.11. The molecule has 0 radical (unpaired) electrons. The fourth-order valence-corrected chi connectivity index (χ4v) is 5.75. The molecule has 1 aromatic heterocycles. The van der Waals surface area contributed by atoms with E-state index in [2.05, 4.69) is 31.9 Å². The molecule has 0 N–H and O–H groups in total. The van der Waals surface area contributed by atoms with Gasteiger partial charge in [-0.15, -0.1) is 11.3 Å². The fourth-order valence-electron chi connectivity index (χ4n) is 1.79. The smallest absolute Gasteiger partial charge is 0.177 e. The Morgan fingerprint density at radius 2 is 2.05 bits per heavy atom. The van der Waals surface area contributed by atoms with Crippen LogP contribution in [0.3, 0.4) is 0 Å². The summed E-state index contributed by atoms with van der Waals surface area (Å²) < 4.78 is 13.8. The minimum absolute atomic E-state index is 0.0513. The predicted octanol–water partition coefficient (Wildman–Crippen LogP) is 4.71. The van der Waals surface area contributed by atoms with Crippen LogP contribution in [0.1, 0.15) is 21.5 Å². The average molecular weight is 436 g/mol. The molecule has 1 aromatic carbocycles. The Hall–Kier alpha value is -0.300. The summed E-state index contributed by atoms with van der Waals surface area (Å²) in [7, 11) is -1.19. The molecule has 1 heterocycles. The lowest BCUT2D eigenvalue weighted by Crippen LogP contribution is -2.12. The van der Waals surface area contributed by atoms with Gasteiger partial charge in [0.1, 0.15) is 0 Å². The van der Waals surface area contributed by atoms with E-state index in [4.69, 9.17) is 0 Å². The SMILES string of the molecule is Cc1cccc(CS(=O)CC(=O)c2cc(Br)sc2Br)c1. The zero-order chi connectivity index (χ0) is 14.7. The molecule has 0 bridgehead atoms. The Bertz CT molecular complexity index is 665. The zero-order valence-electron chi connectivity index (χ0n) is 10.7. The highest BCUT2D eigenvalue weighted by molar-refractivity contribution is 9.12. The Morgan fingerprint density at radius 3 is 2.65 bits per heavy atom. The fraction of sp³-hybridized carbons (Fsp3) is 0.214. The Labute approximate surface area is 141 Å². The Morgan fingerprint density at radius 1 is 1.30 bits per heavy atom. The summed E-state index contributed by atoms with van der Waals surface area (Å²) >= 11 is 8.14. The van der Waals surface area contributed by atoms with E-state index in [0.29, 0.717) is 11.3 Å². The minimum atomic E-state index is -1.19. The maximum absolute atomic E-state index is 12.1. The first-order valence-corrected chi connectivity index (χ1v) is 9.73. The predicted molar refractivity (Wildman–Crippen MR) is 91.9 cm³/mol. The third-order valence-electron chi connectivity index (χ3n) is 2.66. The number of halogens is 2. The van der Waals surface area contributed by atoms with Gasteiger partial charge < -0.3 is 0 Å². The van der Waals surface area contributed by atoms with Crippen LogP contribution in [0.4, 0.5) is 0 Å². The second-order valence-electron chi connectivity index (χ2n) is 4.38. The summed E-state index contributed by atoms with van der Waals surface area (Å²) in [5, 5.41) is 0. The molecule has 0 aliphatic rings. The molecule has 0 aliphatic heterocycles. The molecule has 2 nitrogen and oxygen atoms in total. The van der Waals surface area contributed by atoms with Crippen molar-refractivity contribution in [3.63, 3.8) is 0 Å². The molecule has 6 heteroatoms. The van der Waals surface area contributed by atoms with Crippen LogP contribution >= 0.6 is 43.2 Å². The van der Waals surface area contributed by atoms with Crippen LogP contribution in [0.5, 0.6) is 0 Å². The van der Waals surface area contributed by atoms with Crippen molar-refractivity contribution in [1.82, 2.24) is 0 Å². The van der Waals surface area contributed by atoms with E-state index >= 15 is 0 Å². The quantitative estimate of drug-likeness (QED) is 0.637. The number of rotatable bonds is 5. The molecule has 2 rings (SSSR count). The number of thiophene rings is 1. The summed E-state index contributed by atoms with van der Waals surface area (Å²) in [6.45, 7) is 2.00. The van der Waals surface area contributed by atoms with Crippen LogP contribution in [-0.4, -0.2) is 15.7 Å². The number of carbonyl (C=O) groups excluding carboxylic acids is 1. The van der Waals surface area contributed by atoms with Gasteiger partial charge in [0.05, 0.1) is 13.3 Å². The van der Waals surface area contributed by atoms with E-state index in [0.717, 1.165) is 18.7 Å². The van der Waals surface area contributed by atoms with Gasteiger partial charge in [0.15, 0.2) is 5.78 Å². The van der Waals surface area contributed by atoms with Gasteiger partial charge in [-0.3, -0.25) is 9.00 Å². The van der Waals surface area contributed by atoms with Crippen LogP contribution in [0, 0.1) is 6.92 Å². The number of aryl methyl sites for hydroxylation is 1. The van der Waals surface area contributed by atoms with Gasteiger partial charge in [-0.1, -0.05) is 29.8 Å². The highest BCUT2D eigenvalue weighted by Crippen LogP contribution is 2.32. The van der Waals surface area contributed by atoms with Crippen molar-refractivity contribution in [2.75, 3.05) is 5.75 Å². The van der Waals surface area contributed by atoms with Crippen molar-refractivity contribution < 1.29 is 9.00 Å². The summed E-state index contributed by atoms with van der Waals surface area (Å²) in [6.07, 6.45) is 0. The molecule has 20 heavy (non-hydrogen) atoms. The lowest BCUT2D eigenvalue weighted by atomic mass is 10.2. The molecule has 0 fully saturated rings. The number of carbonyl (C=O) groups is 1. The Balaban J connectivity index is 2.01. The molecule has 0 saturated carbocycles. The number of benzene rings is 1. The topological polar surface area (TPSA) is 34.1 Å². The molecule has 2 aromatic rings. The molecule has 1 atom stereocenters. The van der Waals surface area contributed by atoms with Crippen molar-refractivity contribution >= 4 is 59.8 Å². The third-order valence-corrected chi connectivity index (χ3v) is 6.24. The van der Waals surface area contributed by atoms with Crippen LogP contribution < -0.4 is 0 Å². The monoisotopic (exact) mass is 434 g/mol. The molecule has 0 spiro atoms. The van der Waals surface area contributed by atoms with E-state index in [1.807, 2.05) is 31.2 Å². The van der Waals surface area contributed by atoms with E-state index in [9.17, 15) is 9.00 Å². The van der Waals surface area contributed by atoms with Crippen LogP contribution in [0.15, 0.2) is 37.9 Å². The van der Waals surface area contributed by atoms with E-state index in [-0.39, 0.29) is 11.5 Å². The van der Waals surface area contributed by atoms with Gasteiger partial charge in [-0.05, 0) is 50.4 Å². The highest BCUT2D eigenvalue weighted by atomic mass is 79.9. The van der Waals surface area contributed by atoms with Crippen molar-refractivity contribution in [3.05, 3.63) is 54.6 Å². The number of Topliss-reactive ketones (excluding diaryl/α,β-unsaturated/α-hetero) is 1. The first-order valence-electron chi connectivity index (χ1n) is 5.84. The summed E-state index contributed by atoms with van der Waals surface area (Å²) in [4.78, 5) is 12.1. The lowest BCUT2D eigenvalue weighted by Gasteiger charge is -2.03. The standard InChI is InChI=1S/C14H12Br2O2S2/c1-9-3-2-4-10(5-9)7-20(18)8-12(17)11-6-13(15)19-14(11)16/h2-6H,7-8H2,1H3. The van der Waals surface area contributed by atoms with Crippen LogP contribution in [0.25, 0.3) is 0 Å². The number of hydrogen-bond acceptors (Lipinski definition) is 3. The highest BCUT2D eigenvalue weighted by Gasteiger charge is 2.16. The van der Waals surface area contributed by atoms with Crippen molar-refractivity contribution in [3.8, 4) is 0 Å². The maximum atomic E-state index is 12.1. The lowest BCUT2D eigenvalue weighted by molar-refractivity contribution is 0.102. The van der Waals surface area contributed by atoms with Crippen molar-refractivity contribution in [2.45, 2.75) is 12.7 Å². The van der Waals surface area contributed by atoms with Gasteiger partial charge in [-0.25, -0.2) is 0 Å². The summed E-state index contributed by atoms with van der Waals surface area (Å²) in [6, 6.07) is 9.64. The molecular formula is C14H12Br2O2S2. The number of ketones is 1. The van der Waals surface area contributed by atoms with Gasteiger partial charge in [-0.2, -0.15) is 0 Å². The second-order valence-corrected chi connectivity index (χ2v) is 9.58. The van der Waals surface area contributed by atoms with Gasteiger partial charge >= 0.3 is 0 Å². The zero-order valence-corrected chi connectivity index (χ0v) is 15.5. The molecule has 0 aliphatic carbocycles. The minimum Gasteiger partial charge on any atom is -0.293 e. The molecule has 0 saturated heterocycles. The first kappa shape index (κ1) is 16.1. The van der Waals surface area contributed by atoms with Crippen molar-refractivity contribution in [2.24, 2.45) is 0 Å². The van der Waals surface area contributed by atoms with Gasteiger partial charge in [0.25, 0.3) is 0 Å². The number of hydrogen-bond donors (Lipinski definition) is 0. The molecule has 0 amide bonds. The van der Waals surface area contributed by atoms with Crippen molar-refractivity contribution in [1.29, 1.82) is 0 Å². The normalized spacial score (nSPS) is 12.3. The molecule has 106 valence electrons. The van der Waals surface area contributed by atoms with E-state index < -0.39 is 10.8 Å². The van der Waals surface area contributed by atoms with E-state index in [1.165, 1.54) is 11.3 Å². The summed E-state index contributed by atoms with van der Waals surface area (Å²) in [5.74, 6) is 0.372.